The fourth-order valence-corrected chi connectivity index (χ4v) is 4.17. The maximum absolute atomic E-state index is 13.2. The van der Waals surface area contributed by atoms with Crippen molar-refractivity contribution in [3.05, 3.63) is 64.7 Å². The van der Waals surface area contributed by atoms with Crippen LogP contribution in [-0.4, -0.2) is 54.7 Å². The Bertz CT molecular complexity index is 910. The molecule has 2 aliphatic heterocycles. The third-order valence-corrected chi connectivity index (χ3v) is 5.56. The lowest BCUT2D eigenvalue weighted by atomic mass is 9.96. The SMILES string of the molecule is CO[C@@H]1CN(C)C[C@H]1CC(=O)Cc1cc2c(cn1)C(c1ccc(F)cc1)=NC2. The van der Waals surface area contributed by atoms with Crippen LogP contribution in [-0.2, 0) is 22.5 Å². The number of methoxy groups -OCH3 is 1. The van der Waals surface area contributed by atoms with Crippen LogP contribution in [0.5, 0.6) is 0 Å². The number of aliphatic imine (C=N–C) groups is 1. The van der Waals surface area contributed by atoms with E-state index in [1.165, 1.54) is 12.1 Å². The van der Waals surface area contributed by atoms with Gasteiger partial charge in [-0.2, -0.15) is 0 Å². The lowest BCUT2D eigenvalue weighted by molar-refractivity contribution is -0.120. The summed E-state index contributed by atoms with van der Waals surface area (Å²) in [4.78, 5) is 23.9. The molecule has 0 aliphatic carbocycles. The van der Waals surface area contributed by atoms with Gasteiger partial charge in [0, 0.05) is 62.0 Å². The molecule has 6 heteroatoms. The van der Waals surface area contributed by atoms with E-state index in [9.17, 15) is 9.18 Å². The number of fused-ring (bicyclic) bond motifs is 1. The number of ketones is 1. The predicted molar refractivity (Wildman–Crippen MR) is 105 cm³/mol. The first-order chi connectivity index (χ1) is 13.5. The van der Waals surface area contributed by atoms with Gasteiger partial charge in [-0.1, -0.05) is 0 Å². The number of rotatable bonds is 6. The Balaban J connectivity index is 1.43. The molecule has 1 fully saturated rings. The van der Waals surface area contributed by atoms with Gasteiger partial charge in [-0.05, 0) is 42.9 Å². The van der Waals surface area contributed by atoms with Gasteiger partial charge in [-0.15, -0.1) is 0 Å². The summed E-state index contributed by atoms with van der Waals surface area (Å²) in [5.41, 5.74) is 4.51. The molecule has 146 valence electrons. The highest BCUT2D eigenvalue weighted by Crippen LogP contribution is 2.25. The van der Waals surface area contributed by atoms with Crippen LogP contribution >= 0.6 is 0 Å². The number of benzene rings is 1. The van der Waals surface area contributed by atoms with Crippen LogP contribution < -0.4 is 0 Å². The lowest BCUT2D eigenvalue weighted by Crippen LogP contribution is -2.24. The molecule has 0 N–H and O–H groups in total. The molecule has 1 aromatic carbocycles. The average molecular weight is 381 g/mol. The van der Waals surface area contributed by atoms with Crippen molar-refractivity contribution in [3.8, 4) is 0 Å². The van der Waals surface area contributed by atoms with E-state index in [0.29, 0.717) is 19.4 Å². The Hall–Kier alpha value is -2.44. The van der Waals surface area contributed by atoms with Gasteiger partial charge in [0.1, 0.15) is 11.6 Å². The second kappa shape index (κ2) is 7.89. The van der Waals surface area contributed by atoms with E-state index < -0.39 is 0 Å². The summed E-state index contributed by atoms with van der Waals surface area (Å²) in [6.45, 7) is 2.32. The molecule has 0 unspecified atom stereocenters. The smallest absolute Gasteiger partial charge is 0.139 e. The van der Waals surface area contributed by atoms with Gasteiger partial charge in [0.2, 0.25) is 0 Å². The van der Waals surface area contributed by atoms with E-state index in [4.69, 9.17) is 4.74 Å². The molecule has 2 aromatic rings. The first kappa shape index (κ1) is 18.9. The Morgan fingerprint density at radius 3 is 2.82 bits per heavy atom. The maximum atomic E-state index is 13.2. The van der Waals surface area contributed by atoms with Crippen LogP contribution in [0.2, 0.25) is 0 Å². The van der Waals surface area contributed by atoms with Crippen molar-refractivity contribution >= 4 is 11.5 Å². The van der Waals surface area contributed by atoms with E-state index in [-0.39, 0.29) is 23.6 Å². The van der Waals surface area contributed by atoms with E-state index in [2.05, 4.69) is 21.9 Å². The molecule has 2 aliphatic rings. The normalized spacial score (nSPS) is 21.6. The zero-order valence-electron chi connectivity index (χ0n) is 16.2. The number of halogens is 1. The zero-order chi connectivity index (χ0) is 19.7. The number of aromatic nitrogens is 1. The van der Waals surface area contributed by atoms with Crippen LogP contribution in [0.4, 0.5) is 4.39 Å². The molecular weight excluding hydrogens is 357 g/mol. The van der Waals surface area contributed by atoms with E-state index in [0.717, 1.165) is 41.2 Å². The highest BCUT2D eigenvalue weighted by atomic mass is 19.1. The van der Waals surface area contributed by atoms with Gasteiger partial charge < -0.3 is 9.64 Å². The second-order valence-corrected chi connectivity index (χ2v) is 7.68. The van der Waals surface area contributed by atoms with Crippen molar-refractivity contribution < 1.29 is 13.9 Å². The van der Waals surface area contributed by atoms with Crippen molar-refractivity contribution in [1.82, 2.24) is 9.88 Å². The quantitative estimate of drug-likeness (QED) is 0.772. The summed E-state index contributed by atoms with van der Waals surface area (Å²) in [6, 6.07) is 8.30. The molecule has 0 saturated carbocycles. The van der Waals surface area contributed by atoms with Crippen LogP contribution in [0.1, 0.15) is 28.8 Å². The Kier molecular flexibility index (Phi) is 5.33. The molecule has 1 saturated heterocycles. The molecule has 5 nitrogen and oxygen atoms in total. The topological polar surface area (TPSA) is 54.8 Å². The summed E-state index contributed by atoms with van der Waals surface area (Å²) in [5.74, 6) is 0.163. The standard InChI is InChI=1S/C22H24FN3O2/c1-26-12-16(21(13-26)28-2)8-19(27)9-18-7-15-10-25-22(20(15)11-24-18)14-3-5-17(23)6-4-14/h3-7,11,16,21H,8-10,12-13H2,1-2H3/t16-,21-/m1/s1. The van der Waals surface area contributed by atoms with Gasteiger partial charge >= 0.3 is 0 Å². The van der Waals surface area contributed by atoms with Gasteiger partial charge in [0.05, 0.1) is 18.4 Å². The van der Waals surface area contributed by atoms with Gasteiger partial charge in [0.25, 0.3) is 0 Å². The Labute approximate surface area is 164 Å². The largest absolute Gasteiger partial charge is 0.380 e. The zero-order valence-corrected chi connectivity index (χ0v) is 16.2. The summed E-state index contributed by atoms with van der Waals surface area (Å²) in [7, 11) is 3.76. The van der Waals surface area contributed by atoms with E-state index in [1.54, 1.807) is 25.4 Å². The van der Waals surface area contributed by atoms with Crippen molar-refractivity contribution in [2.24, 2.45) is 10.9 Å². The van der Waals surface area contributed by atoms with Gasteiger partial charge in [0.15, 0.2) is 0 Å². The Morgan fingerprint density at radius 2 is 2.07 bits per heavy atom. The van der Waals surface area contributed by atoms with Crippen molar-refractivity contribution in [1.29, 1.82) is 0 Å². The van der Waals surface area contributed by atoms with Crippen molar-refractivity contribution in [2.45, 2.75) is 25.5 Å². The number of pyridine rings is 1. The van der Waals surface area contributed by atoms with Gasteiger partial charge in [-0.3, -0.25) is 14.8 Å². The van der Waals surface area contributed by atoms with Crippen LogP contribution in [0.3, 0.4) is 0 Å². The molecule has 0 radical (unpaired) electrons. The third-order valence-electron chi connectivity index (χ3n) is 5.56. The van der Waals surface area contributed by atoms with E-state index in [1.807, 2.05) is 6.07 Å². The van der Waals surface area contributed by atoms with Crippen molar-refractivity contribution in [2.75, 3.05) is 27.2 Å². The van der Waals surface area contributed by atoms with E-state index >= 15 is 0 Å². The van der Waals surface area contributed by atoms with Crippen LogP contribution in [0.15, 0.2) is 41.5 Å². The number of carbonyl (C=O) groups is 1. The molecule has 4 rings (SSSR count). The monoisotopic (exact) mass is 381 g/mol. The minimum Gasteiger partial charge on any atom is -0.380 e. The summed E-state index contributed by atoms with van der Waals surface area (Å²) in [5, 5.41) is 0. The van der Waals surface area contributed by atoms with Crippen LogP contribution in [0, 0.1) is 11.7 Å². The van der Waals surface area contributed by atoms with Crippen molar-refractivity contribution in [3.63, 3.8) is 0 Å². The molecule has 2 atom stereocenters. The molecule has 1 aromatic heterocycles. The average Bonchev–Trinajstić information content (AvgIpc) is 3.25. The number of hydrogen-bond donors (Lipinski definition) is 0. The fourth-order valence-electron chi connectivity index (χ4n) is 4.17. The fraction of sp³-hybridized carbons (Fsp3) is 0.409. The molecular formula is C22H24FN3O2. The maximum Gasteiger partial charge on any atom is 0.139 e. The molecule has 3 heterocycles. The summed E-state index contributed by atoms with van der Waals surface area (Å²) >= 11 is 0. The first-order valence-corrected chi connectivity index (χ1v) is 9.55. The summed E-state index contributed by atoms with van der Waals surface area (Å²) < 4.78 is 18.7. The molecule has 0 bridgehead atoms. The number of Topliss-reactive ketones (excluding diaryl/α,β-unsaturated/α-hetero) is 1. The van der Waals surface area contributed by atoms with Crippen LogP contribution in [0.25, 0.3) is 0 Å². The van der Waals surface area contributed by atoms with Gasteiger partial charge in [-0.25, -0.2) is 4.39 Å². The number of likely N-dealkylation sites (N-methyl/N-ethyl adjacent to an activating group) is 1. The number of ether oxygens (including phenoxy) is 1. The number of hydrogen-bond acceptors (Lipinski definition) is 5. The Morgan fingerprint density at radius 1 is 1.29 bits per heavy atom. The highest BCUT2D eigenvalue weighted by Gasteiger charge is 2.32. The minimum absolute atomic E-state index is 0.119. The highest BCUT2D eigenvalue weighted by molar-refractivity contribution is 6.14. The molecule has 0 spiro atoms. The molecule has 0 amide bonds. The number of likely N-dealkylation sites (tertiary alicyclic amines) is 1. The first-order valence-electron chi connectivity index (χ1n) is 9.55. The summed E-state index contributed by atoms with van der Waals surface area (Å²) in [6.07, 6.45) is 2.75. The predicted octanol–water partition coefficient (Wildman–Crippen LogP) is 2.65. The third kappa shape index (κ3) is 3.88. The minimum atomic E-state index is -0.265. The number of carbonyl (C=O) groups excluding carboxylic acids is 1. The lowest BCUT2D eigenvalue weighted by Gasteiger charge is -2.16. The molecule has 28 heavy (non-hydrogen) atoms. The second-order valence-electron chi connectivity index (χ2n) is 7.68. The number of nitrogens with zero attached hydrogens (tertiary/aromatic N) is 3.